The van der Waals surface area contributed by atoms with Gasteiger partial charge < -0.3 is 0 Å². The SMILES string of the molecule is [C-]#[N+]c1cncc(-c2ccc(-c3cccc4c(-c5ccc(-c6cncc(C#N)c6)cc5)cccc34)cc2)c1. The molecule has 4 nitrogen and oxygen atoms in total. The van der Waals surface area contributed by atoms with Crippen LogP contribution in [0.25, 0.3) is 60.1 Å². The van der Waals surface area contributed by atoms with Crippen LogP contribution in [0.15, 0.2) is 122 Å². The summed E-state index contributed by atoms with van der Waals surface area (Å²) >= 11 is 0. The van der Waals surface area contributed by atoms with Gasteiger partial charge in [-0.3, -0.25) is 9.97 Å². The van der Waals surface area contributed by atoms with Crippen molar-refractivity contribution in [2.24, 2.45) is 0 Å². The highest BCUT2D eigenvalue weighted by Crippen LogP contribution is 2.36. The Morgan fingerprint density at radius 1 is 0.553 bits per heavy atom. The van der Waals surface area contributed by atoms with Crippen molar-refractivity contribution in [3.8, 4) is 50.6 Å². The summed E-state index contributed by atoms with van der Waals surface area (Å²) in [6.07, 6.45) is 6.72. The highest BCUT2D eigenvalue weighted by Gasteiger charge is 2.10. The average Bonchev–Trinajstić information content (AvgIpc) is 3.00. The van der Waals surface area contributed by atoms with E-state index in [0.717, 1.165) is 33.4 Å². The first-order valence-corrected chi connectivity index (χ1v) is 12.1. The lowest BCUT2D eigenvalue weighted by Gasteiger charge is -2.12. The van der Waals surface area contributed by atoms with Crippen LogP contribution in [0, 0.1) is 17.9 Å². The number of fused-ring (bicyclic) bond motifs is 1. The third-order valence-electron chi connectivity index (χ3n) is 6.70. The fraction of sp³-hybridized carbons (Fsp3) is 0. The molecule has 6 rings (SSSR count). The fourth-order valence-corrected chi connectivity index (χ4v) is 4.80. The molecule has 2 heterocycles. The lowest BCUT2D eigenvalue weighted by molar-refractivity contribution is 1.30. The zero-order valence-electron chi connectivity index (χ0n) is 20.3. The number of nitrogens with zero attached hydrogens (tertiary/aromatic N) is 4. The van der Waals surface area contributed by atoms with Crippen LogP contribution in [0.3, 0.4) is 0 Å². The molecule has 4 heteroatoms. The van der Waals surface area contributed by atoms with Gasteiger partial charge in [0.15, 0.2) is 0 Å². The maximum Gasteiger partial charge on any atom is 0.205 e. The molecule has 0 aliphatic rings. The number of aromatic nitrogens is 2. The van der Waals surface area contributed by atoms with Gasteiger partial charge in [-0.05, 0) is 61.8 Å². The van der Waals surface area contributed by atoms with E-state index < -0.39 is 0 Å². The molecule has 0 bridgehead atoms. The Bertz CT molecular complexity index is 1730. The molecular weight excluding hydrogens is 464 g/mol. The Hall–Kier alpha value is -5.58. The van der Waals surface area contributed by atoms with Crippen LogP contribution in [0.4, 0.5) is 5.69 Å². The summed E-state index contributed by atoms with van der Waals surface area (Å²) in [5, 5.41) is 11.6. The Morgan fingerprint density at radius 2 is 1.05 bits per heavy atom. The molecule has 0 unspecified atom stereocenters. The van der Waals surface area contributed by atoms with Crippen molar-refractivity contribution in [2.75, 3.05) is 0 Å². The molecule has 0 saturated heterocycles. The average molecular weight is 485 g/mol. The molecule has 4 aromatic carbocycles. The smallest absolute Gasteiger partial charge is 0.205 e. The quantitative estimate of drug-likeness (QED) is 0.235. The molecule has 176 valence electrons. The Kier molecular flexibility index (Phi) is 5.91. The van der Waals surface area contributed by atoms with E-state index in [1.165, 1.54) is 21.9 Å². The maximum absolute atomic E-state index is 9.19. The molecule has 0 atom stereocenters. The molecule has 0 spiro atoms. The highest BCUT2D eigenvalue weighted by molar-refractivity contribution is 6.04. The van der Waals surface area contributed by atoms with E-state index in [-0.39, 0.29) is 0 Å². The molecule has 0 amide bonds. The summed E-state index contributed by atoms with van der Waals surface area (Å²) in [6, 6.07) is 35.5. The second-order valence-corrected chi connectivity index (χ2v) is 8.98. The minimum atomic E-state index is 0.536. The second kappa shape index (κ2) is 9.82. The highest BCUT2D eigenvalue weighted by atomic mass is 14.7. The Morgan fingerprint density at radius 3 is 1.58 bits per heavy atom. The molecule has 6 aromatic rings. The van der Waals surface area contributed by atoms with E-state index >= 15 is 0 Å². The van der Waals surface area contributed by atoms with E-state index in [1.54, 1.807) is 24.8 Å². The van der Waals surface area contributed by atoms with Crippen molar-refractivity contribution in [1.29, 1.82) is 5.26 Å². The Balaban J connectivity index is 1.36. The first-order valence-electron chi connectivity index (χ1n) is 12.1. The molecule has 0 N–H and O–H groups in total. The summed E-state index contributed by atoms with van der Waals surface area (Å²) in [7, 11) is 0. The molecule has 0 aliphatic heterocycles. The number of benzene rings is 4. The normalized spacial score (nSPS) is 10.6. The van der Waals surface area contributed by atoms with Crippen molar-refractivity contribution in [1.82, 2.24) is 9.97 Å². The second-order valence-electron chi connectivity index (χ2n) is 8.98. The van der Waals surface area contributed by atoms with Crippen molar-refractivity contribution in [2.45, 2.75) is 0 Å². The lowest BCUT2D eigenvalue weighted by atomic mass is 9.92. The predicted molar refractivity (Wildman–Crippen MR) is 152 cm³/mol. The lowest BCUT2D eigenvalue weighted by Crippen LogP contribution is -1.87. The third kappa shape index (κ3) is 4.28. The number of nitriles is 1. The van der Waals surface area contributed by atoms with Gasteiger partial charge in [-0.15, -0.1) is 0 Å². The molecule has 0 saturated carbocycles. The Labute approximate surface area is 221 Å². The summed E-state index contributed by atoms with van der Waals surface area (Å²) < 4.78 is 0. The van der Waals surface area contributed by atoms with Crippen molar-refractivity contribution < 1.29 is 0 Å². The van der Waals surface area contributed by atoms with Gasteiger partial charge in [0.05, 0.1) is 12.1 Å². The van der Waals surface area contributed by atoms with Crippen LogP contribution >= 0.6 is 0 Å². The third-order valence-corrected chi connectivity index (χ3v) is 6.70. The van der Waals surface area contributed by atoms with E-state index in [0.29, 0.717) is 11.3 Å². The van der Waals surface area contributed by atoms with E-state index in [1.807, 2.05) is 12.1 Å². The van der Waals surface area contributed by atoms with Crippen LogP contribution in [0.2, 0.25) is 0 Å². The first kappa shape index (κ1) is 22.9. The van der Waals surface area contributed by atoms with Gasteiger partial charge in [-0.25, -0.2) is 4.85 Å². The van der Waals surface area contributed by atoms with Gasteiger partial charge in [0.1, 0.15) is 6.07 Å². The van der Waals surface area contributed by atoms with E-state index in [4.69, 9.17) is 6.57 Å². The van der Waals surface area contributed by atoms with E-state index in [9.17, 15) is 5.26 Å². The molecule has 0 aliphatic carbocycles. The molecule has 0 fully saturated rings. The number of rotatable bonds is 4. The van der Waals surface area contributed by atoms with Crippen molar-refractivity contribution in [3.05, 3.63) is 139 Å². The van der Waals surface area contributed by atoms with Crippen LogP contribution in [0.5, 0.6) is 0 Å². The molecule has 38 heavy (non-hydrogen) atoms. The summed E-state index contributed by atoms with van der Waals surface area (Å²) in [4.78, 5) is 11.9. The predicted octanol–water partition coefficient (Wildman–Crippen LogP) is 8.72. The standard InChI is InChI=1S/C34H20N4/c1-36-30-17-29(21-38-22-30)25-10-14-27(15-11-25)32-5-3-6-33-31(4-2-7-34(32)33)26-12-8-24(9-13-26)28-16-23(18-35)19-37-20-28/h2-17,19-22H. The van der Waals surface area contributed by atoms with Gasteiger partial charge >= 0.3 is 0 Å². The van der Waals surface area contributed by atoms with Gasteiger partial charge in [0.2, 0.25) is 5.69 Å². The fourth-order valence-electron chi connectivity index (χ4n) is 4.80. The number of hydrogen-bond acceptors (Lipinski definition) is 3. The van der Waals surface area contributed by atoms with Gasteiger partial charge in [-0.1, -0.05) is 84.9 Å². The number of hydrogen-bond donors (Lipinski definition) is 0. The van der Waals surface area contributed by atoms with Crippen LogP contribution in [-0.2, 0) is 0 Å². The first-order chi connectivity index (χ1) is 18.7. The largest absolute Gasteiger partial charge is 0.276 e. The zero-order valence-corrected chi connectivity index (χ0v) is 20.3. The van der Waals surface area contributed by atoms with Gasteiger partial charge in [0, 0.05) is 30.4 Å². The monoisotopic (exact) mass is 484 g/mol. The maximum atomic E-state index is 9.19. The topological polar surface area (TPSA) is 53.9 Å². The minimum Gasteiger partial charge on any atom is -0.276 e. The molecule has 0 radical (unpaired) electrons. The summed E-state index contributed by atoms with van der Waals surface area (Å²) in [5.74, 6) is 0. The summed E-state index contributed by atoms with van der Waals surface area (Å²) in [5.41, 5.74) is 9.59. The van der Waals surface area contributed by atoms with Gasteiger partial charge in [0.25, 0.3) is 0 Å². The molecular formula is C34H20N4. The van der Waals surface area contributed by atoms with E-state index in [2.05, 4.69) is 106 Å². The number of pyridine rings is 2. The zero-order chi connectivity index (χ0) is 25.9. The minimum absolute atomic E-state index is 0.536. The summed E-state index contributed by atoms with van der Waals surface area (Å²) in [6.45, 7) is 7.24. The van der Waals surface area contributed by atoms with Crippen molar-refractivity contribution >= 4 is 16.5 Å². The van der Waals surface area contributed by atoms with Crippen LogP contribution in [-0.4, -0.2) is 9.97 Å². The van der Waals surface area contributed by atoms with Gasteiger partial charge in [-0.2, -0.15) is 5.26 Å². The van der Waals surface area contributed by atoms with Crippen LogP contribution in [0.1, 0.15) is 5.56 Å². The van der Waals surface area contributed by atoms with Crippen LogP contribution < -0.4 is 0 Å². The van der Waals surface area contributed by atoms with Crippen molar-refractivity contribution in [3.63, 3.8) is 0 Å². The molecule has 2 aromatic heterocycles.